The molecule has 0 aliphatic carbocycles. The Kier molecular flexibility index (Phi) is 7.57. The molecule has 1 aromatic heterocycles. The van der Waals surface area contributed by atoms with Crippen molar-refractivity contribution >= 4 is 11.9 Å². The van der Waals surface area contributed by atoms with Gasteiger partial charge in [0.15, 0.2) is 0 Å². The summed E-state index contributed by atoms with van der Waals surface area (Å²) >= 11 is 0. The Hall–Kier alpha value is -1.91. The average molecular weight is 307 g/mol. The molecule has 0 saturated carbocycles. The summed E-state index contributed by atoms with van der Waals surface area (Å²) in [6.07, 6.45) is 2.05. The standard InChI is InChI=1S/C17H25NO4/c1-5-7-13(4)11-22-17(20)15-9-6-8-14(18-15)16(19)21-10-12(2)3/h6,8-9,12-13H,5,7,10-11H2,1-4H3. The smallest absolute Gasteiger partial charge is 0.356 e. The molecular weight excluding hydrogens is 282 g/mol. The Morgan fingerprint density at radius 3 is 2.09 bits per heavy atom. The molecule has 1 atom stereocenters. The molecule has 5 heteroatoms. The number of nitrogens with zero attached hydrogens (tertiary/aromatic N) is 1. The second-order valence-electron chi connectivity index (χ2n) is 5.89. The summed E-state index contributed by atoms with van der Waals surface area (Å²) in [7, 11) is 0. The van der Waals surface area contributed by atoms with Gasteiger partial charge in [0.25, 0.3) is 0 Å². The molecule has 1 rings (SSSR count). The molecule has 0 spiro atoms. The van der Waals surface area contributed by atoms with Gasteiger partial charge in [0.1, 0.15) is 11.4 Å². The molecule has 0 radical (unpaired) electrons. The third kappa shape index (κ3) is 6.24. The van der Waals surface area contributed by atoms with Gasteiger partial charge in [-0.15, -0.1) is 0 Å². The average Bonchev–Trinajstić information content (AvgIpc) is 2.50. The molecule has 122 valence electrons. The first-order chi connectivity index (χ1) is 10.4. The molecular formula is C17H25NO4. The Labute approximate surface area is 132 Å². The van der Waals surface area contributed by atoms with Crippen LogP contribution in [-0.2, 0) is 9.47 Å². The van der Waals surface area contributed by atoms with E-state index in [0.29, 0.717) is 19.1 Å². The summed E-state index contributed by atoms with van der Waals surface area (Å²) in [6.45, 7) is 8.70. The van der Waals surface area contributed by atoms with E-state index in [9.17, 15) is 9.59 Å². The summed E-state index contributed by atoms with van der Waals surface area (Å²) in [6, 6.07) is 4.66. The van der Waals surface area contributed by atoms with Gasteiger partial charge < -0.3 is 9.47 Å². The first-order valence-corrected chi connectivity index (χ1v) is 7.75. The molecule has 0 saturated heterocycles. The number of ether oxygens (including phenoxy) is 2. The van der Waals surface area contributed by atoms with Crippen LogP contribution < -0.4 is 0 Å². The zero-order chi connectivity index (χ0) is 16.5. The van der Waals surface area contributed by atoms with Crippen LogP contribution in [0.15, 0.2) is 18.2 Å². The van der Waals surface area contributed by atoms with Crippen molar-refractivity contribution in [2.75, 3.05) is 13.2 Å². The van der Waals surface area contributed by atoms with Crippen LogP contribution in [0.25, 0.3) is 0 Å². The van der Waals surface area contributed by atoms with E-state index in [4.69, 9.17) is 9.47 Å². The molecule has 1 unspecified atom stereocenters. The molecule has 0 N–H and O–H groups in total. The normalized spacial score (nSPS) is 12.0. The van der Waals surface area contributed by atoms with Crippen LogP contribution >= 0.6 is 0 Å². The highest BCUT2D eigenvalue weighted by Crippen LogP contribution is 2.08. The highest BCUT2D eigenvalue weighted by Gasteiger charge is 2.15. The van der Waals surface area contributed by atoms with E-state index in [1.165, 1.54) is 12.1 Å². The number of hydrogen-bond donors (Lipinski definition) is 0. The predicted molar refractivity (Wildman–Crippen MR) is 83.7 cm³/mol. The lowest BCUT2D eigenvalue weighted by Gasteiger charge is -2.11. The maximum atomic E-state index is 12.0. The number of hydrogen-bond acceptors (Lipinski definition) is 5. The number of rotatable bonds is 8. The van der Waals surface area contributed by atoms with E-state index in [0.717, 1.165) is 12.8 Å². The second-order valence-corrected chi connectivity index (χ2v) is 5.89. The van der Waals surface area contributed by atoms with E-state index in [1.54, 1.807) is 6.07 Å². The number of esters is 2. The van der Waals surface area contributed by atoms with Gasteiger partial charge >= 0.3 is 11.9 Å². The second kappa shape index (κ2) is 9.18. The molecule has 5 nitrogen and oxygen atoms in total. The summed E-state index contributed by atoms with van der Waals surface area (Å²) in [5.74, 6) is -0.477. The number of carbonyl (C=O) groups excluding carboxylic acids is 2. The fraction of sp³-hybridized carbons (Fsp3) is 0.588. The highest BCUT2D eigenvalue weighted by atomic mass is 16.5. The van der Waals surface area contributed by atoms with Crippen molar-refractivity contribution < 1.29 is 19.1 Å². The summed E-state index contributed by atoms with van der Waals surface area (Å²) in [5.41, 5.74) is 0.249. The third-order valence-corrected chi connectivity index (χ3v) is 3.00. The lowest BCUT2D eigenvalue weighted by atomic mass is 10.1. The number of pyridine rings is 1. The molecule has 0 aromatic carbocycles. The van der Waals surface area contributed by atoms with E-state index in [1.807, 2.05) is 20.8 Å². The number of carbonyl (C=O) groups is 2. The molecule has 0 aliphatic rings. The van der Waals surface area contributed by atoms with E-state index < -0.39 is 11.9 Å². The number of aromatic nitrogens is 1. The zero-order valence-corrected chi connectivity index (χ0v) is 13.8. The van der Waals surface area contributed by atoms with Gasteiger partial charge in [-0.2, -0.15) is 0 Å². The Balaban J connectivity index is 2.62. The maximum Gasteiger partial charge on any atom is 0.356 e. The van der Waals surface area contributed by atoms with Crippen molar-refractivity contribution in [2.24, 2.45) is 11.8 Å². The van der Waals surface area contributed by atoms with Gasteiger partial charge in [0, 0.05) is 0 Å². The van der Waals surface area contributed by atoms with E-state index >= 15 is 0 Å². The van der Waals surface area contributed by atoms with Gasteiger partial charge in [-0.05, 0) is 30.4 Å². The Morgan fingerprint density at radius 2 is 1.59 bits per heavy atom. The molecule has 0 aliphatic heterocycles. The van der Waals surface area contributed by atoms with Gasteiger partial charge in [-0.1, -0.05) is 40.2 Å². The first kappa shape index (κ1) is 18.1. The largest absolute Gasteiger partial charge is 0.461 e. The van der Waals surface area contributed by atoms with Crippen LogP contribution in [0.3, 0.4) is 0 Å². The first-order valence-electron chi connectivity index (χ1n) is 7.75. The van der Waals surface area contributed by atoms with Crippen molar-refractivity contribution in [1.82, 2.24) is 4.98 Å². The summed E-state index contributed by atoms with van der Waals surface area (Å²) < 4.78 is 10.3. The van der Waals surface area contributed by atoms with Crippen molar-refractivity contribution in [3.8, 4) is 0 Å². The van der Waals surface area contributed by atoms with Crippen molar-refractivity contribution in [1.29, 1.82) is 0 Å². The summed E-state index contributed by atoms with van der Waals surface area (Å²) in [4.78, 5) is 27.8. The van der Waals surface area contributed by atoms with Gasteiger partial charge in [0.05, 0.1) is 13.2 Å². The summed E-state index contributed by atoms with van der Waals surface area (Å²) in [5, 5.41) is 0. The van der Waals surface area contributed by atoms with Gasteiger partial charge in [-0.3, -0.25) is 0 Å². The predicted octanol–water partition coefficient (Wildman–Crippen LogP) is 3.49. The SMILES string of the molecule is CCCC(C)COC(=O)c1cccc(C(=O)OCC(C)C)n1. The third-order valence-electron chi connectivity index (χ3n) is 3.00. The van der Waals surface area contributed by atoms with E-state index in [2.05, 4.69) is 11.9 Å². The highest BCUT2D eigenvalue weighted by molar-refractivity contribution is 5.91. The fourth-order valence-corrected chi connectivity index (χ4v) is 1.85. The maximum absolute atomic E-state index is 12.0. The Morgan fingerprint density at radius 1 is 1.05 bits per heavy atom. The molecule has 1 heterocycles. The zero-order valence-electron chi connectivity index (χ0n) is 13.8. The van der Waals surface area contributed by atoms with Crippen molar-refractivity contribution in [3.05, 3.63) is 29.6 Å². The molecule has 0 fully saturated rings. The van der Waals surface area contributed by atoms with Crippen molar-refractivity contribution in [3.63, 3.8) is 0 Å². The van der Waals surface area contributed by atoms with Gasteiger partial charge in [-0.25, -0.2) is 14.6 Å². The quantitative estimate of drug-likeness (QED) is 0.688. The van der Waals surface area contributed by atoms with Crippen LogP contribution in [0, 0.1) is 11.8 Å². The molecule has 1 aromatic rings. The molecule has 22 heavy (non-hydrogen) atoms. The minimum Gasteiger partial charge on any atom is -0.461 e. The monoisotopic (exact) mass is 307 g/mol. The van der Waals surface area contributed by atoms with Crippen LogP contribution in [0.5, 0.6) is 0 Å². The van der Waals surface area contributed by atoms with Crippen molar-refractivity contribution in [2.45, 2.75) is 40.5 Å². The minimum atomic E-state index is -0.525. The topological polar surface area (TPSA) is 65.5 Å². The van der Waals surface area contributed by atoms with Crippen LogP contribution in [0.2, 0.25) is 0 Å². The molecule has 0 amide bonds. The minimum absolute atomic E-state index is 0.122. The lowest BCUT2D eigenvalue weighted by Crippen LogP contribution is -2.16. The lowest BCUT2D eigenvalue weighted by molar-refractivity contribution is 0.0432. The fourth-order valence-electron chi connectivity index (χ4n) is 1.85. The van der Waals surface area contributed by atoms with Crippen LogP contribution in [0.1, 0.15) is 61.5 Å². The van der Waals surface area contributed by atoms with Crippen LogP contribution in [-0.4, -0.2) is 30.1 Å². The van der Waals surface area contributed by atoms with Crippen LogP contribution in [0.4, 0.5) is 0 Å². The molecule has 0 bridgehead atoms. The Bertz CT molecular complexity index is 499. The van der Waals surface area contributed by atoms with Gasteiger partial charge in [0.2, 0.25) is 0 Å². The van der Waals surface area contributed by atoms with E-state index in [-0.39, 0.29) is 17.3 Å².